The number of hydrogen-bond donors (Lipinski definition) is 2. The van der Waals surface area contributed by atoms with Crippen molar-refractivity contribution in [3.63, 3.8) is 0 Å². The molecule has 2 N–H and O–H groups in total. The highest BCUT2D eigenvalue weighted by Crippen LogP contribution is 2.50. The zero-order valence-corrected chi connectivity index (χ0v) is 25.0. The van der Waals surface area contributed by atoms with E-state index >= 15 is 0 Å². The highest BCUT2D eigenvalue weighted by molar-refractivity contribution is 5.85. The standard InChI is InChI=1S/C30H39N3O10/c1-31-23-12-10-20-21(18-24(23)34)22(11-9-19-17-25(39-2)29(40-3)30(41-4)28(19)20)32-26(35)13-14-27(36)42-15-7-5-6-8-16-43-33(37)38/h10,12,17-18,22H,5-9,11,13-16H2,1-4H3,(H,31,34)(H,32,35)/t22-/m0/s1. The maximum Gasteiger partial charge on any atom is 0.306 e. The fourth-order valence-corrected chi connectivity index (χ4v) is 5.11. The molecule has 13 heteroatoms. The van der Waals surface area contributed by atoms with Crippen LogP contribution in [0.4, 0.5) is 5.69 Å². The number of amides is 1. The van der Waals surface area contributed by atoms with Crippen LogP contribution in [0.15, 0.2) is 29.1 Å². The van der Waals surface area contributed by atoms with Gasteiger partial charge in [-0.25, -0.2) is 0 Å². The van der Waals surface area contributed by atoms with Gasteiger partial charge in [0.2, 0.25) is 17.1 Å². The Labute approximate surface area is 249 Å². The number of fused-ring (bicyclic) bond motifs is 3. The van der Waals surface area contributed by atoms with Crippen LogP contribution in [0, 0.1) is 10.1 Å². The third-order valence-electron chi connectivity index (χ3n) is 7.20. The zero-order valence-electron chi connectivity index (χ0n) is 25.0. The third kappa shape index (κ3) is 8.72. The van der Waals surface area contributed by atoms with Crippen molar-refractivity contribution in [1.29, 1.82) is 0 Å². The second kappa shape index (κ2) is 16.2. The van der Waals surface area contributed by atoms with E-state index in [4.69, 9.17) is 18.9 Å². The predicted octanol–water partition coefficient (Wildman–Crippen LogP) is 3.98. The molecule has 2 aromatic carbocycles. The Hall–Kier alpha value is -4.55. The topological polar surface area (TPSA) is 165 Å². The first-order chi connectivity index (χ1) is 20.7. The number of unbranched alkanes of at least 4 members (excludes halogenated alkanes) is 3. The van der Waals surface area contributed by atoms with Crippen molar-refractivity contribution < 1.29 is 38.5 Å². The average Bonchev–Trinajstić information content (AvgIpc) is 3.24. The smallest absolute Gasteiger partial charge is 0.306 e. The lowest BCUT2D eigenvalue weighted by molar-refractivity contribution is -0.757. The highest BCUT2D eigenvalue weighted by Gasteiger charge is 2.30. The van der Waals surface area contributed by atoms with Crippen molar-refractivity contribution in [2.24, 2.45) is 0 Å². The van der Waals surface area contributed by atoms with Crippen LogP contribution in [0.25, 0.3) is 11.1 Å². The molecule has 0 bridgehead atoms. The van der Waals surface area contributed by atoms with Crippen LogP contribution in [-0.4, -0.2) is 58.6 Å². The molecule has 1 aliphatic carbocycles. The quantitative estimate of drug-likeness (QED) is 0.124. The van der Waals surface area contributed by atoms with E-state index < -0.39 is 17.1 Å². The van der Waals surface area contributed by atoms with E-state index in [1.54, 1.807) is 20.2 Å². The number of rotatable bonds is 16. The second-order valence-corrected chi connectivity index (χ2v) is 9.90. The lowest BCUT2D eigenvalue weighted by atomic mass is 9.95. The normalized spacial score (nSPS) is 13.4. The number of hydrogen-bond acceptors (Lipinski definition) is 11. The van der Waals surface area contributed by atoms with Gasteiger partial charge in [0.05, 0.1) is 52.7 Å². The number of methoxy groups -OCH3 is 3. The Morgan fingerprint density at radius 2 is 1.70 bits per heavy atom. The van der Waals surface area contributed by atoms with Crippen LogP contribution in [0.5, 0.6) is 17.2 Å². The number of anilines is 1. The van der Waals surface area contributed by atoms with Crippen LogP contribution in [0.3, 0.4) is 0 Å². The van der Waals surface area contributed by atoms with Crippen LogP contribution in [-0.2, 0) is 25.6 Å². The van der Waals surface area contributed by atoms with Crippen LogP contribution < -0.4 is 30.3 Å². The summed E-state index contributed by atoms with van der Waals surface area (Å²) in [6.07, 6.45) is 3.45. The highest BCUT2D eigenvalue weighted by atomic mass is 16.9. The van der Waals surface area contributed by atoms with E-state index in [0.29, 0.717) is 66.2 Å². The van der Waals surface area contributed by atoms with Gasteiger partial charge in [0.15, 0.2) is 11.5 Å². The number of nitrogens with one attached hydrogen (secondary N) is 2. The number of ether oxygens (including phenoxy) is 4. The number of benzene rings is 1. The molecule has 0 unspecified atom stereocenters. The fraction of sp³-hybridized carbons (Fsp3) is 0.500. The van der Waals surface area contributed by atoms with E-state index in [-0.39, 0.29) is 37.4 Å². The van der Waals surface area contributed by atoms with E-state index in [2.05, 4.69) is 15.5 Å². The average molecular weight is 602 g/mol. The first-order valence-electron chi connectivity index (χ1n) is 14.1. The molecular formula is C30H39N3O10. The molecular weight excluding hydrogens is 562 g/mol. The van der Waals surface area contributed by atoms with Crippen molar-refractivity contribution in [2.45, 2.75) is 57.4 Å². The lowest BCUT2D eigenvalue weighted by Gasteiger charge is -2.20. The zero-order chi connectivity index (χ0) is 31.4. The Morgan fingerprint density at radius 1 is 0.977 bits per heavy atom. The molecule has 1 atom stereocenters. The molecule has 0 fully saturated rings. The summed E-state index contributed by atoms with van der Waals surface area (Å²) in [6, 6.07) is 6.41. The fourth-order valence-electron chi connectivity index (χ4n) is 5.11. The van der Waals surface area contributed by atoms with Crippen molar-refractivity contribution in [2.75, 3.05) is 46.9 Å². The minimum Gasteiger partial charge on any atom is -0.493 e. The minimum absolute atomic E-state index is 0.0421. The van der Waals surface area contributed by atoms with Gasteiger partial charge in [0, 0.05) is 19.0 Å². The lowest BCUT2D eigenvalue weighted by Crippen LogP contribution is -2.29. The van der Waals surface area contributed by atoms with Gasteiger partial charge < -0.3 is 34.4 Å². The van der Waals surface area contributed by atoms with Crippen molar-refractivity contribution in [3.8, 4) is 28.4 Å². The number of esters is 1. The molecule has 0 aliphatic heterocycles. The van der Waals surface area contributed by atoms with E-state index in [1.807, 2.05) is 12.1 Å². The third-order valence-corrected chi connectivity index (χ3v) is 7.20. The number of nitrogens with zero attached hydrogens (tertiary/aromatic N) is 1. The van der Waals surface area contributed by atoms with Gasteiger partial charge in [-0.05, 0) is 67.0 Å². The van der Waals surface area contributed by atoms with Gasteiger partial charge in [-0.3, -0.25) is 14.4 Å². The minimum atomic E-state index is -0.821. The Balaban J connectivity index is 1.72. The maximum atomic E-state index is 13.1. The Kier molecular flexibility index (Phi) is 12.4. The summed E-state index contributed by atoms with van der Waals surface area (Å²) in [5.74, 6) is 0.547. The molecule has 0 radical (unpaired) electrons. The number of carbonyl (C=O) groups is 2. The molecule has 0 aromatic heterocycles. The summed E-state index contributed by atoms with van der Waals surface area (Å²) in [5.41, 5.74) is 3.14. The van der Waals surface area contributed by atoms with Crippen molar-refractivity contribution in [1.82, 2.24) is 5.32 Å². The van der Waals surface area contributed by atoms with E-state index in [1.165, 1.54) is 20.3 Å². The molecule has 3 rings (SSSR count). The Morgan fingerprint density at radius 3 is 2.35 bits per heavy atom. The summed E-state index contributed by atoms with van der Waals surface area (Å²) >= 11 is 0. The summed E-state index contributed by atoms with van der Waals surface area (Å²) in [7, 11) is 6.27. The monoisotopic (exact) mass is 601 g/mol. The summed E-state index contributed by atoms with van der Waals surface area (Å²) in [5, 5.41) is 15.2. The van der Waals surface area contributed by atoms with Gasteiger partial charge in [-0.2, -0.15) is 0 Å². The van der Waals surface area contributed by atoms with Gasteiger partial charge >= 0.3 is 5.97 Å². The molecule has 13 nitrogen and oxygen atoms in total. The maximum absolute atomic E-state index is 13.1. The second-order valence-electron chi connectivity index (χ2n) is 9.90. The summed E-state index contributed by atoms with van der Waals surface area (Å²) < 4.78 is 22.2. The molecule has 234 valence electrons. The first-order valence-corrected chi connectivity index (χ1v) is 14.1. The van der Waals surface area contributed by atoms with Crippen LogP contribution in [0.2, 0.25) is 0 Å². The van der Waals surface area contributed by atoms with Gasteiger partial charge in [-0.1, -0.05) is 12.5 Å². The SMILES string of the molecule is CNc1ccc2c(cc1=O)[C@@H](NC(=O)CCC(=O)OCCCCCCO[N+](=O)[O-])CCc1cc(OC)c(OC)c(OC)c1-2. The predicted molar refractivity (Wildman–Crippen MR) is 158 cm³/mol. The number of aryl methyl sites for hydroxylation is 1. The van der Waals surface area contributed by atoms with Crippen LogP contribution in [0.1, 0.15) is 62.1 Å². The van der Waals surface area contributed by atoms with Gasteiger partial charge in [0.25, 0.3) is 5.09 Å². The molecule has 0 spiro atoms. The largest absolute Gasteiger partial charge is 0.493 e. The van der Waals surface area contributed by atoms with E-state index in [0.717, 1.165) is 17.5 Å². The molecule has 1 aliphatic rings. The number of carbonyl (C=O) groups excluding carboxylic acids is 2. The Bertz CT molecular complexity index is 1360. The van der Waals surface area contributed by atoms with E-state index in [9.17, 15) is 24.5 Å². The van der Waals surface area contributed by atoms with Gasteiger partial charge in [-0.15, -0.1) is 10.1 Å². The molecule has 0 saturated carbocycles. The van der Waals surface area contributed by atoms with Crippen molar-refractivity contribution >= 4 is 17.6 Å². The molecule has 0 heterocycles. The summed E-state index contributed by atoms with van der Waals surface area (Å²) in [6.45, 7) is 0.247. The molecule has 2 aromatic rings. The van der Waals surface area contributed by atoms with Crippen molar-refractivity contribution in [3.05, 3.63) is 55.7 Å². The van der Waals surface area contributed by atoms with Gasteiger partial charge in [0.1, 0.15) is 0 Å². The van der Waals surface area contributed by atoms with Crippen LogP contribution >= 0.6 is 0 Å². The molecule has 0 saturated heterocycles. The summed E-state index contributed by atoms with van der Waals surface area (Å²) in [4.78, 5) is 52.7. The molecule has 1 amide bonds. The molecule has 43 heavy (non-hydrogen) atoms. The first kappa shape index (κ1) is 33.0.